The maximum absolute atomic E-state index is 13.4. The van der Waals surface area contributed by atoms with Crippen LogP contribution in [-0.4, -0.2) is 6.04 Å². The van der Waals surface area contributed by atoms with Crippen molar-refractivity contribution in [1.82, 2.24) is 0 Å². The molecule has 0 aromatic heterocycles. The summed E-state index contributed by atoms with van der Waals surface area (Å²) in [6, 6.07) is 5.05. The van der Waals surface area contributed by atoms with E-state index in [1.54, 1.807) is 18.2 Å². The Balaban J connectivity index is 2.71. The third kappa shape index (κ3) is 2.96. The molecule has 1 aromatic rings. The van der Waals surface area contributed by atoms with Crippen molar-refractivity contribution in [2.45, 2.75) is 32.2 Å². The van der Waals surface area contributed by atoms with Crippen molar-refractivity contribution in [2.75, 3.05) is 0 Å². The van der Waals surface area contributed by atoms with Gasteiger partial charge in [0, 0.05) is 6.04 Å². The molecule has 0 unspecified atom stereocenters. The van der Waals surface area contributed by atoms with Crippen molar-refractivity contribution in [1.29, 1.82) is 0 Å². The molecule has 0 radical (unpaired) electrons. The average Bonchev–Trinajstić information content (AvgIpc) is 2.13. The fourth-order valence-corrected chi connectivity index (χ4v) is 1.66. The Hall–Kier alpha value is -0.600. The van der Waals surface area contributed by atoms with Crippen molar-refractivity contribution in [3.8, 4) is 0 Å². The molecule has 0 spiro atoms. The molecule has 78 valence electrons. The molecule has 1 rings (SSSR count). The Labute approximate surface area is 89.1 Å². The predicted molar refractivity (Wildman–Crippen MR) is 58.0 cm³/mol. The summed E-state index contributed by atoms with van der Waals surface area (Å²) in [6.07, 6.45) is 2.48. The van der Waals surface area contributed by atoms with Crippen molar-refractivity contribution in [3.63, 3.8) is 0 Å². The van der Waals surface area contributed by atoms with Crippen LogP contribution in [-0.2, 0) is 6.42 Å². The Morgan fingerprint density at radius 3 is 2.86 bits per heavy atom. The number of hydrogen-bond acceptors (Lipinski definition) is 1. The second-order valence-corrected chi connectivity index (χ2v) is 3.87. The summed E-state index contributed by atoms with van der Waals surface area (Å²) >= 11 is 5.66. The number of halogens is 2. The van der Waals surface area contributed by atoms with E-state index in [-0.39, 0.29) is 16.9 Å². The third-order valence-corrected chi connectivity index (χ3v) is 2.47. The van der Waals surface area contributed by atoms with Gasteiger partial charge in [-0.3, -0.25) is 0 Å². The second-order valence-electron chi connectivity index (χ2n) is 3.47. The molecule has 0 aliphatic heterocycles. The first kappa shape index (κ1) is 11.5. The van der Waals surface area contributed by atoms with Gasteiger partial charge in [0.15, 0.2) is 0 Å². The molecular formula is C11H15ClFN. The molecule has 0 aliphatic carbocycles. The lowest BCUT2D eigenvalue weighted by Crippen LogP contribution is -2.22. The van der Waals surface area contributed by atoms with Crippen molar-refractivity contribution in [3.05, 3.63) is 34.6 Å². The smallest absolute Gasteiger partial charge is 0.145 e. The van der Waals surface area contributed by atoms with E-state index < -0.39 is 0 Å². The zero-order valence-corrected chi connectivity index (χ0v) is 9.02. The maximum Gasteiger partial charge on any atom is 0.145 e. The van der Waals surface area contributed by atoms with Crippen molar-refractivity contribution < 1.29 is 4.39 Å². The Kier molecular flexibility index (Phi) is 4.36. The quantitative estimate of drug-likeness (QED) is 0.821. The first-order chi connectivity index (χ1) is 6.65. The molecule has 0 bridgehead atoms. The summed E-state index contributed by atoms with van der Waals surface area (Å²) in [4.78, 5) is 0. The van der Waals surface area contributed by atoms with Crippen LogP contribution >= 0.6 is 11.6 Å². The normalized spacial score (nSPS) is 12.9. The highest BCUT2D eigenvalue weighted by Crippen LogP contribution is 2.19. The largest absolute Gasteiger partial charge is 0.327 e. The number of benzene rings is 1. The molecule has 0 saturated carbocycles. The summed E-state index contributed by atoms with van der Waals surface area (Å²) in [6.45, 7) is 2.06. The molecule has 2 N–H and O–H groups in total. The van der Waals surface area contributed by atoms with Crippen LogP contribution in [0, 0.1) is 5.82 Å². The molecule has 14 heavy (non-hydrogen) atoms. The van der Waals surface area contributed by atoms with Crippen LogP contribution in [0.2, 0.25) is 5.02 Å². The van der Waals surface area contributed by atoms with E-state index in [0.717, 1.165) is 12.8 Å². The number of rotatable bonds is 4. The van der Waals surface area contributed by atoms with Crippen LogP contribution in [0.4, 0.5) is 4.39 Å². The second kappa shape index (κ2) is 5.32. The summed E-state index contributed by atoms with van der Waals surface area (Å²) in [5.41, 5.74) is 6.44. The number of nitrogens with two attached hydrogens (primary N) is 1. The maximum atomic E-state index is 13.4. The molecule has 1 aromatic carbocycles. The van der Waals surface area contributed by atoms with Crippen molar-refractivity contribution in [2.24, 2.45) is 5.73 Å². The fourth-order valence-electron chi connectivity index (χ4n) is 1.46. The minimum absolute atomic E-state index is 0.0213. The number of hydrogen-bond donors (Lipinski definition) is 1. The minimum atomic E-state index is -0.333. The van der Waals surface area contributed by atoms with Gasteiger partial charge in [0.2, 0.25) is 0 Å². The Morgan fingerprint density at radius 1 is 1.50 bits per heavy atom. The lowest BCUT2D eigenvalue weighted by Gasteiger charge is -2.11. The van der Waals surface area contributed by atoms with Gasteiger partial charge in [0.1, 0.15) is 5.82 Å². The highest BCUT2D eigenvalue weighted by molar-refractivity contribution is 6.30. The molecule has 0 fully saturated rings. The summed E-state index contributed by atoms with van der Waals surface area (Å²) in [5.74, 6) is -0.333. The minimum Gasteiger partial charge on any atom is -0.327 e. The van der Waals surface area contributed by atoms with Gasteiger partial charge in [0.25, 0.3) is 0 Å². The van der Waals surface area contributed by atoms with Crippen LogP contribution in [0.1, 0.15) is 25.3 Å². The van der Waals surface area contributed by atoms with Crippen LogP contribution in [0.3, 0.4) is 0 Å². The van der Waals surface area contributed by atoms with Crippen molar-refractivity contribution >= 4 is 11.6 Å². The topological polar surface area (TPSA) is 26.0 Å². The van der Waals surface area contributed by atoms with Gasteiger partial charge in [-0.15, -0.1) is 0 Å². The SMILES string of the molecule is CCC[C@H](N)Cc1cccc(Cl)c1F. The van der Waals surface area contributed by atoms with Gasteiger partial charge in [-0.25, -0.2) is 4.39 Å². The van der Waals surface area contributed by atoms with Gasteiger partial charge in [-0.2, -0.15) is 0 Å². The predicted octanol–water partition coefficient (Wildman–Crippen LogP) is 3.15. The molecule has 0 saturated heterocycles. The van der Waals surface area contributed by atoms with Gasteiger partial charge in [0.05, 0.1) is 5.02 Å². The highest BCUT2D eigenvalue weighted by atomic mass is 35.5. The van der Waals surface area contributed by atoms with E-state index in [0.29, 0.717) is 12.0 Å². The van der Waals surface area contributed by atoms with E-state index >= 15 is 0 Å². The zero-order valence-electron chi connectivity index (χ0n) is 8.26. The molecule has 3 heteroatoms. The standard InChI is InChI=1S/C11H15ClFN/c1-2-4-9(14)7-8-5-3-6-10(12)11(8)13/h3,5-6,9H,2,4,7,14H2,1H3/t9-/m0/s1. The average molecular weight is 216 g/mol. The van der Waals surface area contributed by atoms with Gasteiger partial charge in [-0.1, -0.05) is 37.1 Å². The van der Waals surface area contributed by atoms with E-state index in [1.807, 2.05) is 0 Å². The monoisotopic (exact) mass is 215 g/mol. The van der Waals surface area contributed by atoms with Crippen LogP contribution in [0.5, 0.6) is 0 Å². The van der Waals surface area contributed by atoms with E-state index in [4.69, 9.17) is 17.3 Å². The van der Waals surface area contributed by atoms with E-state index in [2.05, 4.69) is 6.92 Å². The fraction of sp³-hybridized carbons (Fsp3) is 0.455. The van der Waals surface area contributed by atoms with E-state index in [9.17, 15) is 4.39 Å². The molecule has 1 nitrogen and oxygen atoms in total. The molecule has 0 aliphatic rings. The first-order valence-electron chi connectivity index (χ1n) is 4.83. The Morgan fingerprint density at radius 2 is 2.21 bits per heavy atom. The van der Waals surface area contributed by atoms with Crippen LogP contribution in [0.15, 0.2) is 18.2 Å². The summed E-state index contributed by atoms with van der Waals surface area (Å²) in [7, 11) is 0. The zero-order chi connectivity index (χ0) is 10.6. The van der Waals surface area contributed by atoms with Gasteiger partial charge < -0.3 is 5.73 Å². The highest BCUT2D eigenvalue weighted by Gasteiger charge is 2.09. The molecule has 0 heterocycles. The van der Waals surface area contributed by atoms with Crippen LogP contribution < -0.4 is 5.73 Å². The molecular weight excluding hydrogens is 201 g/mol. The summed E-state index contributed by atoms with van der Waals surface area (Å²) < 4.78 is 13.4. The summed E-state index contributed by atoms with van der Waals surface area (Å²) in [5, 5.41) is 0.172. The molecule has 1 atom stereocenters. The molecule has 0 amide bonds. The van der Waals surface area contributed by atoms with Gasteiger partial charge >= 0.3 is 0 Å². The lowest BCUT2D eigenvalue weighted by molar-refractivity contribution is 0.562. The van der Waals surface area contributed by atoms with E-state index in [1.165, 1.54) is 0 Å². The Bertz CT molecular complexity index is 301. The van der Waals surface area contributed by atoms with Crippen LogP contribution in [0.25, 0.3) is 0 Å². The first-order valence-corrected chi connectivity index (χ1v) is 5.21. The third-order valence-electron chi connectivity index (χ3n) is 2.17. The van der Waals surface area contributed by atoms with Gasteiger partial charge in [-0.05, 0) is 24.5 Å². The lowest BCUT2D eigenvalue weighted by atomic mass is 10.0.